The topological polar surface area (TPSA) is 44.1 Å². The molecule has 1 aromatic heterocycles. The number of nitrogens with zero attached hydrogens (tertiary/aromatic N) is 4. The lowest BCUT2D eigenvalue weighted by atomic mass is 9.94. The number of halogens is 6. The third kappa shape index (κ3) is 5.71. The first-order chi connectivity index (χ1) is 20.0. The number of aromatic nitrogens is 2. The third-order valence-corrected chi connectivity index (χ3v) is 8.46. The number of allylic oxidation sites excluding steroid dienone is 2. The van der Waals surface area contributed by atoms with Crippen LogP contribution in [0.4, 0.5) is 37.8 Å². The number of hydrogen-bond donors (Lipinski definition) is 1. The van der Waals surface area contributed by atoms with Crippen molar-refractivity contribution in [3.63, 3.8) is 0 Å². The Hall–Kier alpha value is -3.60. The summed E-state index contributed by atoms with van der Waals surface area (Å²) in [6.07, 6.45) is 1.11. The fraction of sp³-hybridized carbons (Fsp3) is 0.419. The second-order valence-electron chi connectivity index (χ2n) is 11.1. The van der Waals surface area contributed by atoms with Crippen LogP contribution in [0, 0.1) is 0 Å². The Morgan fingerprint density at radius 3 is 2.31 bits per heavy atom. The van der Waals surface area contributed by atoms with Crippen LogP contribution in [-0.2, 0) is 12.7 Å². The van der Waals surface area contributed by atoms with Gasteiger partial charge in [0.05, 0.1) is 35.3 Å². The summed E-state index contributed by atoms with van der Waals surface area (Å²) in [6, 6.07) is 9.25. The minimum absolute atomic E-state index is 0.419. The molecule has 0 radical (unpaired) electrons. The SMILES string of the molecule is CCN(Cc1nc(Nc2ccc(C(F)(F)F)cc2)c2ccc(C3C4C(C(F)(F)F)=CC=CN43)cc2n1)C1CCCCC1. The van der Waals surface area contributed by atoms with Crippen LogP contribution in [0.3, 0.4) is 0 Å². The molecule has 1 saturated carbocycles. The van der Waals surface area contributed by atoms with Crippen molar-refractivity contribution in [1.29, 1.82) is 0 Å². The maximum Gasteiger partial charge on any atom is 0.416 e. The molecule has 6 rings (SSSR count). The number of alkyl halides is 6. The molecule has 2 aliphatic heterocycles. The molecule has 1 saturated heterocycles. The summed E-state index contributed by atoms with van der Waals surface area (Å²) in [5, 5.41) is 3.79. The van der Waals surface area contributed by atoms with Gasteiger partial charge in [-0.15, -0.1) is 0 Å². The van der Waals surface area contributed by atoms with Crippen LogP contribution < -0.4 is 5.32 Å². The van der Waals surface area contributed by atoms with Gasteiger partial charge < -0.3 is 10.2 Å². The van der Waals surface area contributed by atoms with Gasteiger partial charge in [0.1, 0.15) is 11.6 Å². The molecule has 5 nitrogen and oxygen atoms in total. The molecule has 0 bridgehead atoms. The van der Waals surface area contributed by atoms with Crippen LogP contribution in [0.15, 0.2) is 66.4 Å². The van der Waals surface area contributed by atoms with E-state index in [1.165, 1.54) is 37.5 Å². The van der Waals surface area contributed by atoms with E-state index in [4.69, 9.17) is 9.97 Å². The van der Waals surface area contributed by atoms with Gasteiger partial charge in [0.25, 0.3) is 0 Å². The monoisotopic (exact) mass is 587 g/mol. The lowest BCUT2D eigenvalue weighted by Crippen LogP contribution is -2.36. The molecule has 3 aliphatic rings. The van der Waals surface area contributed by atoms with Crippen LogP contribution in [-0.4, -0.2) is 44.6 Å². The molecular formula is C31H31F6N5. The van der Waals surface area contributed by atoms with Gasteiger partial charge in [-0.3, -0.25) is 4.90 Å². The van der Waals surface area contributed by atoms with Gasteiger partial charge in [-0.1, -0.05) is 38.3 Å². The largest absolute Gasteiger partial charge is 0.416 e. The van der Waals surface area contributed by atoms with E-state index in [-0.39, 0.29) is 0 Å². The summed E-state index contributed by atoms with van der Waals surface area (Å²) in [7, 11) is 0. The summed E-state index contributed by atoms with van der Waals surface area (Å²) >= 11 is 0. The van der Waals surface area contributed by atoms with Crippen molar-refractivity contribution in [3.05, 3.63) is 83.3 Å². The standard InChI is InChI=1S/C31H31F6N5/c1-2-41(22-7-4-3-5-8-22)18-26-39-25-17-19(27-28-24(31(35,36)37)9-6-16-42(27)28)10-15-23(25)29(40-26)38-21-13-11-20(12-14-21)30(32,33)34/h6,9-17,22,27-28H,2-5,7-8,18H2,1H3,(H,38,39,40). The number of benzene rings is 2. The van der Waals surface area contributed by atoms with Gasteiger partial charge in [-0.25, -0.2) is 9.97 Å². The summed E-state index contributed by atoms with van der Waals surface area (Å²) in [5.74, 6) is 0.982. The van der Waals surface area contributed by atoms with Gasteiger partial charge in [0, 0.05) is 23.3 Å². The molecule has 0 spiro atoms. The molecule has 3 aromatic rings. The molecule has 2 aromatic carbocycles. The lowest BCUT2D eigenvalue weighted by Gasteiger charge is -2.33. The molecular weight excluding hydrogens is 556 g/mol. The van der Waals surface area contributed by atoms with Crippen molar-refractivity contribution >= 4 is 22.4 Å². The van der Waals surface area contributed by atoms with Gasteiger partial charge in [0.15, 0.2) is 0 Å². The lowest BCUT2D eigenvalue weighted by molar-refractivity contribution is -0.137. The zero-order chi connectivity index (χ0) is 29.6. The number of rotatable bonds is 7. The third-order valence-electron chi connectivity index (χ3n) is 8.46. The molecule has 2 unspecified atom stereocenters. The van der Waals surface area contributed by atoms with Crippen molar-refractivity contribution in [2.75, 3.05) is 11.9 Å². The highest BCUT2D eigenvalue weighted by atomic mass is 19.4. The first-order valence-electron chi connectivity index (χ1n) is 14.2. The van der Waals surface area contributed by atoms with E-state index in [9.17, 15) is 26.3 Å². The second-order valence-corrected chi connectivity index (χ2v) is 11.1. The second kappa shape index (κ2) is 10.9. The molecule has 1 N–H and O–H groups in total. The van der Waals surface area contributed by atoms with Gasteiger partial charge in [0.2, 0.25) is 0 Å². The molecule has 0 amide bonds. The fourth-order valence-electron chi connectivity index (χ4n) is 6.28. The first-order valence-corrected chi connectivity index (χ1v) is 14.2. The normalized spacial score (nSPS) is 21.0. The predicted molar refractivity (Wildman–Crippen MR) is 149 cm³/mol. The smallest absolute Gasteiger partial charge is 0.359 e. The van der Waals surface area contributed by atoms with Gasteiger partial charge in [-0.05, 0) is 67.4 Å². The van der Waals surface area contributed by atoms with Crippen molar-refractivity contribution in [3.8, 4) is 0 Å². The van der Waals surface area contributed by atoms with Crippen molar-refractivity contribution in [2.45, 2.75) is 76.1 Å². The minimum Gasteiger partial charge on any atom is -0.359 e. The Morgan fingerprint density at radius 1 is 0.905 bits per heavy atom. The van der Waals surface area contributed by atoms with E-state index < -0.39 is 35.6 Å². The van der Waals surface area contributed by atoms with Crippen molar-refractivity contribution in [2.24, 2.45) is 0 Å². The average molecular weight is 588 g/mol. The Morgan fingerprint density at radius 2 is 1.64 bits per heavy atom. The van der Waals surface area contributed by atoms with Gasteiger partial charge >= 0.3 is 12.4 Å². The highest BCUT2D eigenvalue weighted by Gasteiger charge is 2.56. The number of nitrogens with one attached hydrogen (secondary N) is 1. The number of fused-ring (bicyclic) bond motifs is 2. The fourth-order valence-corrected chi connectivity index (χ4v) is 6.28. The average Bonchev–Trinajstić information content (AvgIpc) is 3.70. The van der Waals surface area contributed by atoms with Crippen LogP contribution >= 0.6 is 0 Å². The molecule has 1 aliphatic carbocycles. The van der Waals surface area contributed by atoms with E-state index in [1.807, 2.05) is 0 Å². The number of hydrogen-bond acceptors (Lipinski definition) is 5. The van der Waals surface area contributed by atoms with E-state index in [2.05, 4.69) is 17.1 Å². The van der Waals surface area contributed by atoms with Crippen LogP contribution in [0.1, 0.15) is 62.0 Å². The summed E-state index contributed by atoms with van der Waals surface area (Å²) < 4.78 is 80.3. The van der Waals surface area contributed by atoms with Crippen molar-refractivity contribution in [1.82, 2.24) is 19.8 Å². The Labute approximate surface area is 239 Å². The molecule has 11 heteroatoms. The summed E-state index contributed by atoms with van der Waals surface area (Å²) in [5.41, 5.74) is 0.382. The van der Waals surface area contributed by atoms with E-state index >= 15 is 0 Å². The zero-order valence-corrected chi connectivity index (χ0v) is 23.0. The van der Waals surface area contributed by atoms with Crippen LogP contribution in [0.2, 0.25) is 0 Å². The summed E-state index contributed by atoms with van der Waals surface area (Å²) in [6.45, 7) is 3.40. The maximum atomic E-state index is 13.6. The van der Waals surface area contributed by atoms with E-state index in [0.717, 1.165) is 37.6 Å². The first kappa shape index (κ1) is 28.5. The maximum absolute atomic E-state index is 13.6. The highest BCUT2D eigenvalue weighted by molar-refractivity contribution is 5.91. The van der Waals surface area contributed by atoms with Gasteiger partial charge in [-0.2, -0.15) is 26.3 Å². The molecule has 2 fully saturated rings. The van der Waals surface area contributed by atoms with E-state index in [1.54, 1.807) is 29.3 Å². The molecule has 2 atom stereocenters. The summed E-state index contributed by atoms with van der Waals surface area (Å²) in [4.78, 5) is 13.7. The van der Waals surface area contributed by atoms with E-state index in [0.29, 0.717) is 46.4 Å². The Bertz CT molecular complexity index is 1510. The molecule has 3 heterocycles. The Kier molecular flexibility index (Phi) is 7.41. The minimum atomic E-state index is -4.45. The Balaban J connectivity index is 1.35. The van der Waals surface area contributed by atoms with Crippen LogP contribution in [0.5, 0.6) is 0 Å². The number of anilines is 2. The quantitative estimate of drug-likeness (QED) is 0.223. The zero-order valence-electron chi connectivity index (χ0n) is 23.0. The van der Waals surface area contributed by atoms with Crippen molar-refractivity contribution < 1.29 is 26.3 Å². The highest BCUT2D eigenvalue weighted by Crippen LogP contribution is 2.53. The predicted octanol–water partition coefficient (Wildman–Crippen LogP) is 8.29. The molecule has 222 valence electrons. The molecule has 42 heavy (non-hydrogen) atoms. The van der Waals surface area contributed by atoms with Crippen LogP contribution in [0.25, 0.3) is 10.9 Å².